The van der Waals surface area contributed by atoms with Crippen molar-refractivity contribution in [3.63, 3.8) is 0 Å². The van der Waals surface area contributed by atoms with Crippen molar-refractivity contribution in [3.05, 3.63) is 0 Å². The quantitative estimate of drug-likeness (QED) is 0.0345. The first kappa shape index (κ1) is 137. The van der Waals surface area contributed by atoms with Crippen molar-refractivity contribution < 1.29 is 317 Å². The van der Waals surface area contributed by atoms with Gasteiger partial charge in [0.25, 0.3) is 0 Å². The zero-order chi connectivity index (χ0) is 114. The lowest BCUT2D eigenvalue weighted by Crippen LogP contribution is -2.74. The van der Waals surface area contributed by atoms with E-state index in [4.69, 9.17) is 0 Å². The lowest BCUT2D eigenvalue weighted by Gasteiger charge is -2.42. The van der Waals surface area contributed by atoms with Gasteiger partial charge in [-0.3, -0.25) is 0 Å². The minimum Gasteiger partial charge on any atom is -0.375 e. The Balaban J connectivity index is 8.42. The summed E-state index contributed by atoms with van der Waals surface area (Å²) in [6.45, 7) is -11.0. The van der Waals surface area contributed by atoms with Gasteiger partial charge in [-0.1, -0.05) is 125 Å². The molecular weight excluding hydrogens is 2260 g/mol. The van der Waals surface area contributed by atoms with Crippen LogP contribution < -0.4 is 0 Å². The number of halogens is 68. The molecule has 77 heteroatoms. The predicted octanol–water partition coefficient (Wildman–Crippen LogP) is 31.9. The van der Waals surface area contributed by atoms with Gasteiger partial charge in [-0.25, -0.2) is 0 Å². The zero-order valence-electron chi connectivity index (χ0n) is 70.8. The van der Waals surface area contributed by atoms with Gasteiger partial charge >= 0.3 is 191 Å². The minimum atomic E-state index is -9.10. The molecule has 0 aromatic rings. The highest BCUT2D eigenvalue weighted by Gasteiger charge is 3.01. The fourth-order valence-electron chi connectivity index (χ4n) is 12.2. The van der Waals surface area contributed by atoms with E-state index < -0.39 is 382 Å². The molecule has 141 heavy (non-hydrogen) atoms. The molecule has 0 N–H and O–H groups in total. The number of hydrogen-bond donors (Lipinski definition) is 0. The molecule has 0 atom stereocenters. The van der Waals surface area contributed by atoms with Crippen molar-refractivity contribution in [1.29, 1.82) is 0 Å². The normalized spacial score (nSPS) is 16.6. The van der Waals surface area contributed by atoms with E-state index in [0.29, 0.717) is 0 Å². The zero-order valence-corrected chi connectivity index (χ0v) is 75.8. The summed E-state index contributed by atoms with van der Waals surface area (Å²) in [4.78, 5) is 0. The largest absolute Gasteiger partial charge is 0.460 e. The van der Waals surface area contributed by atoms with Crippen LogP contribution >= 0.6 is 0 Å². The third kappa shape index (κ3) is 24.5. The second kappa shape index (κ2) is 41.1. The van der Waals surface area contributed by atoms with E-state index in [1.54, 1.807) is 0 Å². The predicted molar refractivity (Wildman–Crippen MR) is 358 cm³/mol. The van der Waals surface area contributed by atoms with Gasteiger partial charge in [-0.2, -0.15) is 299 Å². The third-order valence-corrected chi connectivity index (χ3v) is 42.7. The van der Waals surface area contributed by atoms with Gasteiger partial charge < -0.3 is 18.9 Å². The maximum absolute atomic E-state index is 14.8. The SMILES string of the molecule is C[Si](C)(CCCOCC(F)(F)C(F)(F)C(F)(F)C(F)(F)C(F)(F)C(F)(F)C(F)(F)C(F)(F)F)CC[Si](CC[Si](C)(C)CCCOCC(F)(F)C(F)(F)C(F)(F)C(F)(F)C(F)(F)C(F)(F)C(F)(F)C(F)(F)F)(CC[Si](C)(C)CCCOCC(F)(F)C(F)(F)C(F)(F)C(F)(F)C(F)(F)C(F)(F)C(F)(F)C(F)(F)F)CC[Si](C)(C)CCCOCC(F)(F)C(F)(F)C(F)(F)C(F)(F)C(F)(F)C(F)(F)C(F)(F)C(F)(F)F. The summed E-state index contributed by atoms with van der Waals surface area (Å²) in [7, 11) is -18.3. The van der Waals surface area contributed by atoms with E-state index in [2.05, 4.69) is 18.9 Å². The smallest absolute Gasteiger partial charge is 0.375 e. The fourth-order valence-corrected chi connectivity index (χ4v) is 38.4. The first-order valence-corrected chi connectivity index (χ1v) is 54.3. The van der Waals surface area contributed by atoms with Crippen LogP contribution in [0, 0.1) is 0 Å². The van der Waals surface area contributed by atoms with Gasteiger partial charge in [0.2, 0.25) is 0 Å². The van der Waals surface area contributed by atoms with Gasteiger partial charge in [-0.15, -0.1) is 0 Å². The van der Waals surface area contributed by atoms with E-state index >= 15 is 0 Å². The Kier molecular flexibility index (Phi) is 39.9. The van der Waals surface area contributed by atoms with Gasteiger partial charge in [0, 0.05) is 58.7 Å². The van der Waals surface area contributed by atoms with Crippen molar-refractivity contribution in [3.8, 4) is 0 Å². The van der Waals surface area contributed by atoms with Crippen LogP contribution in [-0.4, -0.2) is 284 Å². The minimum absolute atomic E-state index is 0.416. The van der Waals surface area contributed by atoms with Crippen molar-refractivity contribution in [2.75, 3.05) is 52.9 Å². The Bertz CT molecular complexity index is 3500. The topological polar surface area (TPSA) is 36.9 Å². The number of ether oxygens (including phenoxy) is 4. The molecule has 0 saturated heterocycles. The van der Waals surface area contributed by atoms with Crippen LogP contribution in [0.3, 0.4) is 0 Å². The monoisotopic (exact) mass is 2340 g/mol. The average Bonchev–Trinajstić information content (AvgIpc) is 0.705. The Morgan fingerprint density at radius 1 is 0.128 bits per heavy atom. The summed E-state index contributed by atoms with van der Waals surface area (Å²) in [5, 5.41) is 0. The number of rotatable bonds is 60. The molecule has 848 valence electrons. The van der Waals surface area contributed by atoms with Crippen molar-refractivity contribution >= 4 is 40.4 Å². The molecule has 0 aromatic carbocycles. The van der Waals surface area contributed by atoms with Gasteiger partial charge in [-0.05, 0) is 25.7 Å². The lowest BCUT2D eigenvalue weighted by atomic mass is 9.89. The van der Waals surface area contributed by atoms with Gasteiger partial charge in [0.15, 0.2) is 0 Å². The molecule has 0 heterocycles. The third-order valence-electron chi connectivity index (χ3n) is 22.2. The molecule has 0 aromatic heterocycles. The summed E-state index contributed by atoms with van der Waals surface area (Å²) >= 11 is 0. The first-order valence-electron chi connectivity index (χ1n) is 37.8. The van der Waals surface area contributed by atoms with Gasteiger partial charge in [0.05, 0.1) is 8.07 Å². The Hall–Kier alpha value is -3.84. The Morgan fingerprint density at radius 2 is 0.227 bits per heavy atom. The maximum Gasteiger partial charge on any atom is 0.460 e. The van der Waals surface area contributed by atoms with Gasteiger partial charge in [0.1, 0.15) is 26.4 Å². The molecule has 0 aliphatic carbocycles. The second-order valence-corrected chi connectivity index (χ2v) is 61.7. The summed E-state index contributed by atoms with van der Waals surface area (Å²) in [6, 6.07) is -5.84. The fraction of sp³-hybridized carbons (Fsp3) is 1.00. The van der Waals surface area contributed by atoms with Crippen molar-refractivity contribution in [1.82, 2.24) is 0 Å². The molecule has 0 amide bonds. The van der Waals surface area contributed by atoms with E-state index in [9.17, 15) is 299 Å². The average molecular weight is 2340 g/mol. The van der Waals surface area contributed by atoms with Crippen LogP contribution in [0.5, 0.6) is 0 Å². The molecule has 0 aliphatic heterocycles. The van der Waals surface area contributed by atoms with Crippen LogP contribution in [0.1, 0.15) is 25.7 Å². The van der Waals surface area contributed by atoms with Crippen LogP contribution in [-0.2, 0) is 18.9 Å². The molecular formula is C64H72F68O4Si5. The molecule has 0 saturated carbocycles. The summed E-state index contributed by atoms with van der Waals surface area (Å²) in [6.07, 6.45) is -36.6. The molecule has 0 fully saturated rings. The first-order chi connectivity index (χ1) is 60.7. The molecule has 4 nitrogen and oxygen atoms in total. The number of hydrogen-bond acceptors (Lipinski definition) is 4. The van der Waals surface area contributed by atoms with E-state index in [1.807, 2.05) is 0 Å². The van der Waals surface area contributed by atoms with E-state index in [1.165, 1.54) is 52.4 Å². The van der Waals surface area contributed by atoms with Crippen LogP contribution in [0.2, 0.25) is 125 Å². The van der Waals surface area contributed by atoms with Crippen LogP contribution in [0.25, 0.3) is 0 Å². The second-order valence-electron chi connectivity index (χ2n) is 35.4. The molecule has 0 unspecified atom stereocenters. The molecule has 0 rings (SSSR count). The Labute approximate surface area is 750 Å². The highest BCUT2D eigenvalue weighted by molar-refractivity contribution is 6.89. The molecule has 0 aliphatic rings. The molecule has 0 bridgehead atoms. The number of alkyl halides is 68. The standard InChI is InChI=1S/C64H72F68O4Si5/c1-137(2,17-9-13-133-29-33(65,66)37(73,74)41(81,82)45(89,90)49(97,98)53(105,106)57(113,114)61(121,122)123)21-25-141(26-22-138(3,4)18-10-14-134-30-34(67,68)38(75,76)42(83,84)46(91,92)50(99,100)54(107,108)58(115,116)62(124,125)126,27-23-139(5,6)19-11-15-135-31-35(69,70)39(77,78)43(85,86)47(93,94)51(101,102)55(109,110)59(117,118)63(127,128)129)28-24-140(7,8)20-12-16-136-32-36(71,72)40(79,80)44(87,88)48(95,96)52(103,104)56(111,112)60(119,120)64(130,131)132/h9-32H2,1-8H3. The highest BCUT2D eigenvalue weighted by atomic mass is 28.3. The Morgan fingerprint density at radius 3 is 0.333 bits per heavy atom. The molecule has 0 radical (unpaired) electrons. The lowest BCUT2D eigenvalue weighted by molar-refractivity contribution is -0.462. The van der Waals surface area contributed by atoms with Crippen molar-refractivity contribution in [2.24, 2.45) is 0 Å². The van der Waals surface area contributed by atoms with Crippen molar-refractivity contribution in [2.45, 2.75) is 341 Å². The van der Waals surface area contributed by atoms with Crippen LogP contribution in [0.4, 0.5) is 299 Å². The summed E-state index contributed by atoms with van der Waals surface area (Å²) < 4.78 is 965. The van der Waals surface area contributed by atoms with Crippen LogP contribution in [0.15, 0.2) is 0 Å². The summed E-state index contributed by atoms with van der Waals surface area (Å²) in [5.74, 6) is -240. The maximum atomic E-state index is 14.8. The highest BCUT2D eigenvalue weighted by Crippen LogP contribution is 2.71. The van der Waals surface area contributed by atoms with E-state index in [-0.39, 0.29) is 0 Å². The summed E-state index contributed by atoms with van der Waals surface area (Å²) in [5.41, 5.74) is 0. The molecule has 0 spiro atoms. The van der Waals surface area contributed by atoms with E-state index in [0.717, 1.165) is 0 Å².